The molecule has 0 aliphatic heterocycles. The van der Waals surface area contributed by atoms with Gasteiger partial charge in [0.15, 0.2) is 0 Å². The average Bonchev–Trinajstić information content (AvgIpc) is 3.08. The summed E-state index contributed by atoms with van der Waals surface area (Å²) in [6.45, 7) is -0.153. The van der Waals surface area contributed by atoms with Gasteiger partial charge in [0.2, 0.25) is 3.79 Å². The topological polar surface area (TPSA) is 63.4 Å². The Balaban J connectivity index is 1.59. The first kappa shape index (κ1) is 23.4. The molecule has 0 aliphatic carbocycles. The summed E-state index contributed by atoms with van der Waals surface area (Å²) in [6.07, 6.45) is -3.15. The summed E-state index contributed by atoms with van der Waals surface area (Å²) in [5.74, 6) is 0.525. The second kappa shape index (κ2) is 9.46. The van der Waals surface area contributed by atoms with Gasteiger partial charge in [-0.15, -0.1) is 0 Å². The number of aromatic amines is 1. The number of ether oxygens (including phenoxy) is 2. The summed E-state index contributed by atoms with van der Waals surface area (Å²) < 4.78 is 46.7. The van der Waals surface area contributed by atoms with Crippen LogP contribution in [-0.2, 0) is 17.3 Å². The highest BCUT2D eigenvalue weighted by atomic mass is 35.6. The van der Waals surface area contributed by atoms with Crippen molar-refractivity contribution in [1.29, 1.82) is 0 Å². The van der Waals surface area contributed by atoms with E-state index in [0.29, 0.717) is 23.2 Å². The molecular weight excluding hydrogens is 480 g/mol. The molecule has 0 bridgehead atoms. The van der Waals surface area contributed by atoms with E-state index in [1.165, 1.54) is 12.1 Å². The van der Waals surface area contributed by atoms with Crippen LogP contribution in [0, 0.1) is 0 Å². The molecule has 0 saturated heterocycles. The molecule has 11 heteroatoms. The van der Waals surface area contributed by atoms with Crippen molar-refractivity contribution in [3.63, 3.8) is 0 Å². The van der Waals surface area contributed by atoms with E-state index in [0.717, 1.165) is 23.2 Å². The number of carbonyl (C=O) groups is 1. The van der Waals surface area contributed by atoms with Crippen LogP contribution < -0.4 is 10.1 Å². The van der Waals surface area contributed by atoms with Gasteiger partial charge in [0.1, 0.15) is 12.4 Å². The first-order valence-electron chi connectivity index (χ1n) is 8.92. The monoisotopic (exact) mass is 494 g/mol. The molecule has 0 radical (unpaired) electrons. The van der Waals surface area contributed by atoms with Crippen molar-refractivity contribution < 1.29 is 27.4 Å². The predicted octanol–water partition coefficient (Wildman–Crippen LogP) is 6.73. The van der Waals surface area contributed by atoms with Gasteiger partial charge < -0.3 is 14.5 Å². The molecule has 5 nitrogen and oxygen atoms in total. The van der Waals surface area contributed by atoms with Gasteiger partial charge in [0.25, 0.3) is 0 Å². The number of amides is 1. The minimum Gasteiger partial charge on any atom is -0.493 e. The van der Waals surface area contributed by atoms with Gasteiger partial charge >= 0.3 is 12.3 Å². The Morgan fingerprint density at radius 3 is 2.42 bits per heavy atom. The molecule has 0 aliphatic rings. The van der Waals surface area contributed by atoms with Crippen molar-refractivity contribution in [2.45, 2.75) is 16.4 Å². The number of benzene rings is 2. The van der Waals surface area contributed by atoms with Crippen LogP contribution in [-0.4, -0.2) is 28.1 Å². The van der Waals surface area contributed by atoms with Crippen LogP contribution in [0.15, 0.2) is 48.7 Å². The van der Waals surface area contributed by atoms with Crippen LogP contribution in [0.25, 0.3) is 10.9 Å². The normalized spacial score (nSPS) is 12.1. The third-order valence-corrected chi connectivity index (χ3v) is 4.52. The van der Waals surface area contributed by atoms with E-state index in [1.807, 2.05) is 0 Å². The maximum atomic E-state index is 12.6. The molecule has 0 spiro atoms. The Labute approximate surface area is 190 Å². The molecule has 166 valence electrons. The second-order valence-corrected chi connectivity index (χ2v) is 9.04. The summed E-state index contributed by atoms with van der Waals surface area (Å²) >= 11 is 16.6. The molecule has 0 saturated carbocycles. The molecule has 0 fully saturated rings. The number of fused-ring (bicyclic) bond motifs is 1. The van der Waals surface area contributed by atoms with Crippen molar-refractivity contribution in [3.05, 3.63) is 59.8 Å². The number of halogens is 6. The van der Waals surface area contributed by atoms with E-state index in [9.17, 15) is 18.0 Å². The zero-order valence-electron chi connectivity index (χ0n) is 15.7. The lowest BCUT2D eigenvalue weighted by Gasteiger charge is -2.12. The van der Waals surface area contributed by atoms with Crippen LogP contribution in [0.4, 0.5) is 23.7 Å². The summed E-state index contributed by atoms with van der Waals surface area (Å²) in [5.41, 5.74) is 1.21. The predicted molar refractivity (Wildman–Crippen MR) is 114 cm³/mol. The fourth-order valence-electron chi connectivity index (χ4n) is 2.73. The highest BCUT2D eigenvalue weighted by molar-refractivity contribution is 6.67. The van der Waals surface area contributed by atoms with Gasteiger partial charge in [-0.25, -0.2) is 4.79 Å². The molecule has 31 heavy (non-hydrogen) atoms. The van der Waals surface area contributed by atoms with E-state index in [-0.39, 0.29) is 6.61 Å². The molecule has 1 heterocycles. The number of anilines is 1. The van der Waals surface area contributed by atoms with Gasteiger partial charge in [-0.1, -0.05) is 46.9 Å². The molecule has 0 atom stereocenters. The van der Waals surface area contributed by atoms with Gasteiger partial charge in [-0.2, -0.15) is 13.2 Å². The number of carbonyl (C=O) groups excluding carboxylic acids is 1. The summed E-state index contributed by atoms with van der Waals surface area (Å²) in [6, 6.07) is 10.1. The van der Waals surface area contributed by atoms with Crippen molar-refractivity contribution in [2.75, 3.05) is 18.5 Å². The quantitative estimate of drug-likeness (QED) is 0.373. The number of hydrogen-bond acceptors (Lipinski definition) is 3. The van der Waals surface area contributed by atoms with Gasteiger partial charge in [0, 0.05) is 23.5 Å². The van der Waals surface area contributed by atoms with E-state index in [4.69, 9.17) is 44.3 Å². The number of nitrogens with one attached hydrogen (secondary N) is 2. The van der Waals surface area contributed by atoms with Crippen molar-refractivity contribution >= 4 is 57.5 Å². The van der Waals surface area contributed by atoms with Crippen LogP contribution in [0.5, 0.6) is 5.75 Å². The first-order chi connectivity index (χ1) is 14.5. The molecular formula is C20H16Cl3F3N2O3. The lowest BCUT2D eigenvalue weighted by Crippen LogP contribution is -2.21. The number of H-pyrrole nitrogens is 1. The lowest BCUT2D eigenvalue weighted by atomic mass is 10.1. The smallest absolute Gasteiger partial charge is 0.416 e. The molecule has 0 unspecified atom stereocenters. The Hall–Kier alpha value is -2.29. The molecule has 1 amide bonds. The highest BCUT2D eigenvalue weighted by Crippen LogP contribution is 2.30. The molecule has 2 aromatic carbocycles. The Kier molecular flexibility index (Phi) is 7.13. The van der Waals surface area contributed by atoms with Gasteiger partial charge in [0.05, 0.1) is 17.9 Å². The van der Waals surface area contributed by atoms with Crippen LogP contribution in [0.3, 0.4) is 0 Å². The maximum Gasteiger partial charge on any atom is 0.416 e. The summed E-state index contributed by atoms with van der Waals surface area (Å²) in [7, 11) is 0. The van der Waals surface area contributed by atoms with Gasteiger partial charge in [-0.05, 0) is 35.9 Å². The number of aromatic nitrogens is 1. The van der Waals surface area contributed by atoms with Crippen molar-refractivity contribution in [2.24, 2.45) is 0 Å². The van der Waals surface area contributed by atoms with Gasteiger partial charge in [-0.3, -0.25) is 5.32 Å². The van der Waals surface area contributed by atoms with Crippen LogP contribution >= 0.6 is 34.8 Å². The largest absolute Gasteiger partial charge is 0.493 e. The Bertz CT molecular complexity index is 1050. The second-order valence-electron chi connectivity index (χ2n) is 6.52. The van der Waals surface area contributed by atoms with Crippen molar-refractivity contribution in [3.8, 4) is 5.75 Å². The standard InChI is InChI=1S/C20H16Cl3F3N2O3/c21-19(22,23)11-31-18(29)28-17-10-27-16-6-5-14(9-15(16)17)30-8-7-12-1-3-13(4-2-12)20(24,25)26/h1-6,9-10,27H,7-8,11H2,(H,28,29). The minimum absolute atomic E-state index is 0.259. The third kappa shape index (κ3) is 6.85. The zero-order chi connectivity index (χ0) is 22.6. The molecule has 2 N–H and O–H groups in total. The average molecular weight is 496 g/mol. The van der Waals surface area contributed by atoms with Crippen LogP contribution in [0.2, 0.25) is 0 Å². The molecule has 3 rings (SSSR count). The highest BCUT2D eigenvalue weighted by Gasteiger charge is 2.29. The van der Waals surface area contributed by atoms with E-state index in [2.05, 4.69) is 10.3 Å². The van der Waals surface area contributed by atoms with Crippen LogP contribution in [0.1, 0.15) is 11.1 Å². The zero-order valence-corrected chi connectivity index (χ0v) is 18.0. The fraction of sp³-hybridized carbons (Fsp3) is 0.250. The number of rotatable bonds is 6. The third-order valence-electron chi connectivity index (χ3n) is 4.20. The molecule has 1 aromatic heterocycles. The lowest BCUT2D eigenvalue weighted by molar-refractivity contribution is -0.137. The summed E-state index contributed by atoms with van der Waals surface area (Å²) in [5, 5.41) is 3.21. The molecule has 3 aromatic rings. The first-order valence-corrected chi connectivity index (χ1v) is 10.1. The number of hydrogen-bond donors (Lipinski definition) is 2. The Morgan fingerprint density at radius 1 is 1.06 bits per heavy atom. The van der Waals surface area contributed by atoms with E-state index >= 15 is 0 Å². The van der Waals surface area contributed by atoms with Crippen molar-refractivity contribution in [1.82, 2.24) is 4.98 Å². The maximum absolute atomic E-state index is 12.6. The number of alkyl halides is 6. The minimum atomic E-state index is -4.36. The summed E-state index contributed by atoms with van der Waals surface area (Å²) in [4.78, 5) is 14.9. The fourth-order valence-corrected chi connectivity index (χ4v) is 2.90. The Morgan fingerprint density at radius 2 is 1.77 bits per heavy atom. The van der Waals surface area contributed by atoms with E-state index < -0.39 is 28.2 Å². The SMILES string of the molecule is O=C(Nc1c[nH]c2ccc(OCCc3ccc(C(F)(F)F)cc3)cc12)OCC(Cl)(Cl)Cl. The van der Waals surface area contributed by atoms with E-state index in [1.54, 1.807) is 24.4 Å².